The topological polar surface area (TPSA) is 46.5 Å². The van der Waals surface area contributed by atoms with Crippen molar-refractivity contribution in [3.63, 3.8) is 0 Å². The summed E-state index contributed by atoms with van der Waals surface area (Å²) in [4.78, 5) is 8.46. The van der Waals surface area contributed by atoms with E-state index >= 15 is 0 Å². The van der Waals surface area contributed by atoms with Crippen LogP contribution in [0.5, 0.6) is 0 Å². The molecule has 0 radical (unpaired) electrons. The van der Waals surface area contributed by atoms with Gasteiger partial charge in [-0.1, -0.05) is 6.08 Å². The van der Waals surface area contributed by atoms with E-state index in [1.54, 1.807) is 13.3 Å². The summed E-state index contributed by atoms with van der Waals surface area (Å²) in [5.41, 5.74) is 3.15. The van der Waals surface area contributed by atoms with Crippen LogP contribution in [0.3, 0.4) is 0 Å². The monoisotopic (exact) mass is 217 g/mol. The zero-order chi connectivity index (χ0) is 11.2. The van der Waals surface area contributed by atoms with E-state index in [2.05, 4.69) is 21.4 Å². The lowest BCUT2D eigenvalue weighted by Gasteiger charge is -2.13. The molecule has 0 unspecified atom stereocenters. The summed E-state index contributed by atoms with van der Waals surface area (Å²) in [5, 5.41) is 3.28. The Hall–Kier alpha value is -1.68. The highest BCUT2D eigenvalue weighted by atomic mass is 16.5. The highest BCUT2D eigenvalue weighted by Gasteiger charge is 2.06. The smallest absolute Gasteiger partial charge is 0.174 e. The van der Waals surface area contributed by atoms with Gasteiger partial charge in [0.05, 0.1) is 24.7 Å². The van der Waals surface area contributed by atoms with Gasteiger partial charge in [0.2, 0.25) is 0 Å². The molecule has 4 heteroatoms. The van der Waals surface area contributed by atoms with Crippen molar-refractivity contribution >= 4 is 17.7 Å². The van der Waals surface area contributed by atoms with Gasteiger partial charge in [0.25, 0.3) is 0 Å². The summed E-state index contributed by atoms with van der Waals surface area (Å²) < 4.78 is 4.75. The number of aromatic nitrogens is 1. The van der Waals surface area contributed by atoms with Crippen LogP contribution in [0.1, 0.15) is 12.1 Å². The number of pyridine rings is 1. The molecule has 2 heterocycles. The van der Waals surface area contributed by atoms with Gasteiger partial charge in [0.1, 0.15) is 0 Å². The number of methoxy groups -OCH3 is 1. The van der Waals surface area contributed by atoms with Crippen LogP contribution in [0.4, 0.5) is 5.69 Å². The summed E-state index contributed by atoms with van der Waals surface area (Å²) in [6.07, 6.45) is 6.38. The average molecular weight is 217 g/mol. The second-order valence-corrected chi connectivity index (χ2v) is 3.56. The van der Waals surface area contributed by atoms with Gasteiger partial charge in [-0.25, -0.2) is 4.99 Å². The molecule has 0 amide bonds. The van der Waals surface area contributed by atoms with E-state index in [4.69, 9.17) is 4.74 Å². The van der Waals surface area contributed by atoms with E-state index in [9.17, 15) is 0 Å². The van der Waals surface area contributed by atoms with Crippen molar-refractivity contribution in [2.45, 2.75) is 6.42 Å². The van der Waals surface area contributed by atoms with E-state index in [0.29, 0.717) is 0 Å². The molecule has 84 valence electrons. The van der Waals surface area contributed by atoms with Crippen LogP contribution in [0.2, 0.25) is 0 Å². The molecular formula is C12H15N3O. The van der Waals surface area contributed by atoms with Crippen LogP contribution in [-0.4, -0.2) is 31.6 Å². The molecule has 0 atom stereocenters. The number of ether oxygens (including phenoxy) is 1. The van der Waals surface area contributed by atoms with Crippen LogP contribution in [0.25, 0.3) is 5.57 Å². The highest BCUT2D eigenvalue weighted by Crippen LogP contribution is 2.19. The molecule has 1 N–H and O–H groups in total. The molecule has 1 aliphatic heterocycles. The molecule has 1 aromatic heterocycles. The SMILES string of the molecule is COC=Nc1ccc(C2=CCNCC2)nc1. The first-order valence-corrected chi connectivity index (χ1v) is 5.31. The lowest BCUT2D eigenvalue weighted by Crippen LogP contribution is -2.20. The van der Waals surface area contributed by atoms with Crippen molar-refractivity contribution in [3.8, 4) is 0 Å². The minimum Gasteiger partial charge on any atom is -0.486 e. The van der Waals surface area contributed by atoms with Gasteiger partial charge in [0, 0.05) is 6.54 Å². The van der Waals surface area contributed by atoms with Crippen molar-refractivity contribution in [2.24, 2.45) is 4.99 Å². The fourth-order valence-corrected chi connectivity index (χ4v) is 1.62. The van der Waals surface area contributed by atoms with Crippen LogP contribution in [0, 0.1) is 0 Å². The predicted molar refractivity (Wildman–Crippen MR) is 64.9 cm³/mol. The van der Waals surface area contributed by atoms with Crippen LogP contribution in [-0.2, 0) is 4.74 Å². The molecule has 0 saturated carbocycles. The van der Waals surface area contributed by atoms with Crippen molar-refractivity contribution in [2.75, 3.05) is 20.2 Å². The zero-order valence-corrected chi connectivity index (χ0v) is 9.31. The summed E-state index contributed by atoms with van der Waals surface area (Å²) in [6.45, 7) is 1.96. The first-order valence-electron chi connectivity index (χ1n) is 5.31. The van der Waals surface area contributed by atoms with Crippen molar-refractivity contribution in [3.05, 3.63) is 30.1 Å². The molecule has 4 nitrogen and oxygen atoms in total. The van der Waals surface area contributed by atoms with Crippen LogP contribution in [0.15, 0.2) is 29.4 Å². The third-order valence-electron chi connectivity index (χ3n) is 2.45. The maximum absolute atomic E-state index is 4.75. The quantitative estimate of drug-likeness (QED) is 0.620. The minimum absolute atomic E-state index is 0.806. The van der Waals surface area contributed by atoms with E-state index in [0.717, 1.165) is 30.9 Å². The molecule has 0 saturated heterocycles. The number of hydrogen-bond donors (Lipinski definition) is 1. The Kier molecular flexibility index (Phi) is 3.66. The van der Waals surface area contributed by atoms with Crippen LogP contribution >= 0.6 is 0 Å². The fraction of sp³-hybridized carbons (Fsp3) is 0.333. The third-order valence-corrected chi connectivity index (χ3v) is 2.45. The molecule has 16 heavy (non-hydrogen) atoms. The van der Waals surface area contributed by atoms with E-state index in [1.807, 2.05) is 12.1 Å². The average Bonchev–Trinajstić information content (AvgIpc) is 2.38. The molecular weight excluding hydrogens is 202 g/mol. The first kappa shape index (κ1) is 10.8. The molecule has 0 fully saturated rings. The highest BCUT2D eigenvalue weighted by molar-refractivity contribution is 5.65. The minimum atomic E-state index is 0.806. The zero-order valence-electron chi connectivity index (χ0n) is 9.31. The van der Waals surface area contributed by atoms with Gasteiger partial charge in [-0.15, -0.1) is 0 Å². The first-order chi connectivity index (χ1) is 7.90. The summed E-state index contributed by atoms with van der Waals surface area (Å²) >= 11 is 0. The van der Waals surface area contributed by atoms with Gasteiger partial charge in [-0.2, -0.15) is 0 Å². The van der Waals surface area contributed by atoms with Gasteiger partial charge in [-0.3, -0.25) is 4.98 Å². The molecule has 0 aliphatic carbocycles. The van der Waals surface area contributed by atoms with Crippen LogP contribution < -0.4 is 5.32 Å². The molecule has 1 aliphatic rings. The lowest BCUT2D eigenvalue weighted by molar-refractivity contribution is 0.423. The fourth-order valence-electron chi connectivity index (χ4n) is 1.62. The summed E-state index contributed by atoms with van der Waals surface area (Å²) in [7, 11) is 1.57. The van der Waals surface area contributed by atoms with Crippen molar-refractivity contribution in [1.82, 2.24) is 10.3 Å². The van der Waals surface area contributed by atoms with E-state index < -0.39 is 0 Å². The Morgan fingerprint density at radius 1 is 1.50 bits per heavy atom. The normalized spacial score (nSPS) is 16.2. The Labute approximate surface area is 95.1 Å². The van der Waals surface area contributed by atoms with Crippen molar-refractivity contribution < 1.29 is 4.74 Å². The molecule has 0 bridgehead atoms. The number of nitrogens with zero attached hydrogens (tertiary/aromatic N) is 2. The van der Waals surface area contributed by atoms with Gasteiger partial charge in [0.15, 0.2) is 6.40 Å². The Bertz CT molecular complexity index is 395. The Balaban J connectivity index is 2.12. The maximum atomic E-state index is 4.75. The number of rotatable bonds is 3. The predicted octanol–water partition coefficient (Wildman–Crippen LogP) is 1.76. The Morgan fingerprint density at radius 3 is 3.06 bits per heavy atom. The molecule has 0 aromatic carbocycles. The second-order valence-electron chi connectivity index (χ2n) is 3.56. The van der Waals surface area contributed by atoms with Crippen molar-refractivity contribution in [1.29, 1.82) is 0 Å². The number of nitrogens with one attached hydrogen (secondary N) is 1. The maximum Gasteiger partial charge on any atom is 0.174 e. The van der Waals surface area contributed by atoms with Gasteiger partial charge < -0.3 is 10.1 Å². The van der Waals surface area contributed by atoms with E-state index in [1.165, 1.54) is 12.0 Å². The second kappa shape index (κ2) is 5.42. The van der Waals surface area contributed by atoms with Gasteiger partial charge in [-0.05, 0) is 30.7 Å². The number of aliphatic imine (C=N–C) groups is 1. The summed E-state index contributed by atoms with van der Waals surface area (Å²) in [5.74, 6) is 0. The largest absolute Gasteiger partial charge is 0.486 e. The lowest BCUT2D eigenvalue weighted by atomic mass is 10.1. The van der Waals surface area contributed by atoms with Gasteiger partial charge >= 0.3 is 0 Å². The van der Waals surface area contributed by atoms with E-state index in [-0.39, 0.29) is 0 Å². The number of hydrogen-bond acceptors (Lipinski definition) is 4. The molecule has 1 aromatic rings. The summed E-state index contributed by atoms with van der Waals surface area (Å²) in [6, 6.07) is 3.94. The Morgan fingerprint density at radius 2 is 2.44 bits per heavy atom. The third kappa shape index (κ3) is 2.67. The molecule has 0 spiro atoms. The molecule has 2 rings (SSSR count). The standard InChI is InChI=1S/C12H15N3O/c1-16-9-15-11-2-3-12(14-8-11)10-4-6-13-7-5-10/h2-4,8-9,13H,5-7H2,1H3.